The molecule has 112 valence electrons. The van der Waals surface area contributed by atoms with Crippen molar-refractivity contribution in [1.29, 1.82) is 0 Å². The number of benzene rings is 1. The molecule has 0 N–H and O–H groups in total. The summed E-state index contributed by atoms with van der Waals surface area (Å²) in [6.45, 7) is 9.78. The first-order valence-corrected chi connectivity index (χ1v) is 7.68. The summed E-state index contributed by atoms with van der Waals surface area (Å²) < 4.78 is 2.19. The summed E-state index contributed by atoms with van der Waals surface area (Å²) in [5, 5.41) is 1.06. The fourth-order valence-electron chi connectivity index (χ4n) is 3.03. The minimum Gasteiger partial charge on any atom is -1.00 e. The normalized spacial score (nSPS) is 13.0. The standard InChI is InChI=1S/C16H19N2OS.BrH/c1-10-7-11(2)15(12(3)8-10)14-9-17-5-6-18(13(4)19)16(17)20-14;/h7-9H,5-6H2,1-4H3;1H/q+1;/p-1. The van der Waals surface area contributed by atoms with Crippen LogP contribution in [0.15, 0.2) is 18.3 Å². The third-order valence-corrected chi connectivity index (χ3v) is 4.99. The summed E-state index contributed by atoms with van der Waals surface area (Å²) in [6.07, 6.45) is 2.19. The van der Waals surface area contributed by atoms with Gasteiger partial charge in [0.1, 0.15) is 19.3 Å². The number of carbonyl (C=O) groups excluding carboxylic acids is 1. The molecule has 0 saturated carbocycles. The number of amides is 1. The number of anilines is 1. The van der Waals surface area contributed by atoms with Crippen molar-refractivity contribution in [1.82, 2.24) is 0 Å². The maximum Gasteiger partial charge on any atom is 0.344 e. The van der Waals surface area contributed by atoms with Crippen molar-refractivity contribution in [3.63, 3.8) is 0 Å². The van der Waals surface area contributed by atoms with Crippen LogP contribution in [0.4, 0.5) is 5.13 Å². The van der Waals surface area contributed by atoms with Gasteiger partial charge in [-0.25, -0.2) is 9.36 Å². The Hall–Kier alpha value is -1.20. The molecule has 0 radical (unpaired) electrons. The smallest absolute Gasteiger partial charge is 0.344 e. The van der Waals surface area contributed by atoms with E-state index in [0.717, 1.165) is 18.2 Å². The van der Waals surface area contributed by atoms with E-state index in [1.54, 1.807) is 18.3 Å². The van der Waals surface area contributed by atoms with Crippen molar-refractivity contribution >= 4 is 22.4 Å². The van der Waals surface area contributed by atoms with E-state index in [-0.39, 0.29) is 22.9 Å². The average Bonchev–Trinajstić information content (AvgIpc) is 2.86. The molecule has 1 aliphatic heterocycles. The molecule has 1 amide bonds. The molecule has 3 rings (SSSR count). The molecule has 2 aromatic rings. The van der Waals surface area contributed by atoms with E-state index in [9.17, 15) is 4.79 Å². The third kappa shape index (κ3) is 2.77. The zero-order chi connectivity index (χ0) is 14.4. The van der Waals surface area contributed by atoms with Gasteiger partial charge in [-0.2, -0.15) is 4.90 Å². The van der Waals surface area contributed by atoms with Crippen molar-refractivity contribution in [3.8, 4) is 10.4 Å². The first-order valence-electron chi connectivity index (χ1n) is 6.87. The number of nitrogens with zero attached hydrogens (tertiary/aromatic N) is 2. The number of rotatable bonds is 1. The van der Waals surface area contributed by atoms with Crippen molar-refractivity contribution in [2.75, 3.05) is 11.4 Å². The Morgan fingerprint density at radius 3 is 2.43 bits per heavy atom. The lowest BCUT2D eigenvalue weighted by atomic mass is 9.99. The van der Waals surface area contributed by atoms with Crippen molar-refractivity contribution in [2.45, 2.75) is 34.2 Å². The van der Waals surface area contributed by atoms with E-state index in [2.05, 4.69) is 43.7 Å². The summed E-state index contributed by atoms with van der Waals surface area (Å²) >= 11 is 1.71. The van der Waals surface area contributed by atoms with Gasteiger partial charge in [0.05, 0.1) is 4.88 Å². The number of aryl methyl sites for hydroxylation is 3. The van der Waals surface area contributed by atoms with Crippen LogP contribution in [0.2, 0.25) is 0 Å². The Kier molecular flexibility index (Phi) is 4.54. The van der Waals surface area contributed by atoms with Gasteiger partial charge in [0.15, 0.2) is 0 Å². The highest BCUT2D eigenvalue weighted by Crippen LogP contribution is 2.36. The molecule has 2 heterocycles. The maximum atomic E-state index is 11.7. The molecular formula is C16H19BrN2OS. The summed E-state index contributed by atoms with van der Waals surface area (Å²) in [7, 11) is 0. The second kappa shape index (κ2) is 5.89. The number of hydrogen-bond donors (Lipinski definition) is 0. The number of fused-ring (bicyclic) bond motifs is 1. The fraction of sp³-hybridized carbons (Fsp3) is 0.375. The fourth-order valence-corrected chi connectivity index (χ4v) is 4.42. The highest BCUT2D eigenvalue weighted by atomic mass is 79.9. The summed E-state index contributed by atoms with van der Waals surface area (Å²) in [5.74, 6) is 0.127. The number of halogens is 1. The lowest BCUT2D eigenvalue weighted by Gasteiger charge is -2.08. The lowest BCUT2D eigenvalue weighted by molar-refractivity contribution is -0.666. The van der Waals surface area contributed by atoms with Crippen LogP contribution in [0, 0.1) is 20.8 Å². The monoisotopic (exact) mass is 366 g/mol. The third-order valence-electron chi connectivity index (χ3n) is 3.82. The van der Waals surface area contributed by atoms with Gasteiger partial charge in [-0.3, -0.25) is 0 Å². The topological polar surface area (TPSA) is 24.2 Å². The molecule has 0 atom stereocenters. The lowest BCUT2D eigenvalue weighted by Crippen LogP contribution is -3.00. The minimum absolute atomic E-state index is 0. The Bertz CT molecular complexity index is 685. The second-order valence-corrected chi connectivity index (χ2v) is 6.52. The molecule has 1 aromatic carbocycles. The van der Waals surface area contributed by atoms with Crippen LogP contribution in [0.3, 0.4) is 0 Å². The van der Waals surface area contributed by atoms with E-state index in [4.69, 9.17) is 0 Å². The molecule has 0 aliphatic carbocycles. The number of carbonyl (C=O) groups is 1. The van der Waals surface area contributed by atoms with E-state index >= 15 is 0 Å². The molecular weight excluding hydrogens is 348 g/mol. The van der Waals surface area contributed by atoms with Crippen LogP contribution >= 0.6 is 11.3 Å². The van der Waals surface area contributed by atoms with E-state index in [1.165, 1.54) is 27.1 Å². The molecule has 0 unspecified atom stereocenters. The minimum atomic E-state index is 0. The Labute approximate surface area is 140 Å². The molecule has 1 aliphatic rings. The molecule has 0 bridgehead atoms. The first kappa shape index (κ1) is 16.2. The van der Waals surface area contributed by atoms with Gasteiger partial charge < -0.3 is 17.0 Å². The van der Waals surface area contributed by atoms with Crippen molar-refractivity contribution < 1.29 is 26.3 Å². The molecule has 21 heavy (non-hydrogen) atoms. The molecule has 0 spiro atoms. The Morgan fingerprint density at radius 1 is 1.24 bits per heavy atom. The summed E-state index contributed by atoms with van der Waals surface area (Å²) in [6, 6.07) is 4.45. The highest BCUT2D eigenvalue weighted by molar-refractivity contribution is 7.18. The second-order valence-electron chi connectivity index (χ2n) is 5.52. The largest absolute Gasteiger partial charge is 1.00 e. The van der Waals surface area contributed by atoms with Crippen LogP contribution in [0.25, 0.3) is 10.4 Å². The van der Waals surface area contributed by atoms with Crippen LogP contribution in [-0.2, 0) is 11.3 Å². The molecule has 1 aromatic heterocycles. The SMILES string of the molecule is CC(=O)N1CC[n+]2cc(-c3c(C)cc(C)cc3C)sc21.[Br-]. The molecule has 0 fully saturated rings. The molecule has 0 saturated heterocycles. The number of thiazole rings is 1. The highest BCUT2D eigenvalue weighted by Gasteiger charge is 2.34. The van der Waals surface area contributed by atoms with Gasteiger partial charge in [0.25, 0.3) is 0 Å². The van der Waals surface area contributed by atoms with E-state index in [0.29, 0.717) is 0 Å². The predicted octanol–water partition coefficient (Wildman–Crippen LogP) is -0.00164. The van der Waals surface area contributed by atoms with Crippen molar-refractivity contribution in [2.24, 2.45) is 0 Å². The van der Waals surface area contributed by atoms with Gasteiger partial charge in [0, 0.05) is 12.5 Å². The van der Waals surface area contributed by atoms with Crippen LogP contribution in [0.1, 0.15) is 23.6 Å². The Morgan fingerprint density at radius 2 is 1.86 bits per heavy atom. The zero-order valence-corrected chi connectivity index (χ0v) is 15.1. The van der Waals surface area contributed by atoms with Crippen LogP contribution < -0.4 is 26.4 Å². The maximum absolute atomic E-state index is 11.7. The van der Waals surface area contributed by atoms with Crippen molar-refractivity contribution in [3.05, 3.63) is 35.0 Å². The zero-order valence-electron chi connectivity index (χ0n) is 12.7. The van der Waals surface area contributed by atoms with E-state index in [1.807, 2.05) is 4.90 Å². The first-order chi connectivity index (χ1) is 9.47. The van der Waals surface area contributed by atoms with Gasteiger partial charge >= 0.3 is 11.0 Å². The average molecular weight is 367 g/mol. The van der Waals surface area contributed by atoms with Gasteiger partial charge in [0.2, 0.25) is 0 Å². The van der Waals surface area contributed by atoms with Crippen LogP contribution in [-0.4, -0.2) is 12.5 Å². The van der Waals surface area contributed by atoms with Gasteiger partial charge in [-0.15, -0.1) is 0 Å². The number of hydrogen-bond acceptors (Lipinski definition) is 2. The number of aromatic nitrogens is 1. The van der Waals surface area contributed by atoms with E-state index < -0.39 is 0 Å². The quantitative estimate of drug-likeness (QED) is 0.651. The summed E-state index contributed by atoms with van der Waals surface area (Å²) in [5.41, 5.74) is 5.21. The Balaban J connectivity index is 0.00000161. The molecule has 5 heteroatoms. The summed E-state index contributed by atoms with van der Waals surface area (Å²) in [4.78, 5) is 14.8. The predicted molar refractivity (Wildman–Crippen MR) is 82.2 cm³/mol. The van der Waals surface area contributed by atoms with Gasteiger partial charge in [-0.05, 0) is 43.2 Å². The van der Waals surface area contributed by atoms with Gasteiger partial charge in [-0.1, -0.05) is 17.7 Å². The molecule has 3 nitrogen and oxygen atoms in total. The van der Waals surface area contributed by atoms with Crippen LogP contribution in [0.5, 0.6) is 0 Å².